The molecule has 1 aliphatic rings. The number of halogens is 2. The van der Waals surface area contributed by atoms with Gasteiger partial charge in [0.1, 0.15) is 0 Å². The van der Waals surface area contributed by atoms with Crippen molar-refractivity contribution < 1.29 is 13.6 Å². The summed E-state index contributed by atoms with van der Waals surface area (Å²) < 4.78 is 26.5. The number of rotatable bonds is 1. The fourth-order valence-electron chi connectivity index (χ4n) is 2.22. The van der Waals surface area contributed by atoms with Crippen molar-refractivity contribution in [1.82, 2.24) is 9.88 Å². The zero-order valence-corrected chi connectivity index (χ0v) is 10.3. The first-order chi connectivity index (χ1) is 8.59. The minimum Gasteiger partial charge on any atom is -0.339 e. The zero-order chi connectivity index (χ0) is 13.1. The Morgan fingerprint density at radius 3 is 2.94 bits per heavy atom. The highest BCUT2D eigenvalue weighted by molar-refractivity contribution is 5.94. The maximum atomic E-state index is 13.5. The lowest BCUT2D eigenvalue weighted by atomic mass is 10.0. The van der Waals surface area contributed by atoms with E-state index >= 15 is 0 Å². The van der Waals surface area contributed by atoms with Crippen LogP contribution in [0.5, 0.6) is 0 Å². The second-order valence-electron chi connectivity index (χ2n) is 4.79. The number of carbonyl (C=O) groups is 1. The number of amides is 1. The normalized spacial score (nSPS) is 20.6. The van der Waals surface area contributed by atoms with Crippen LogP contribution in [-0.4, -0.2) is 28.9 Å². The molecule has 1 atom stereocenters. The molecule has 0 saturated carbocycles. The molecule has 0 aliphatic carbocycles. The number of hydrogen-bond acceptors (Lipinski definition) is 2. The summed E-state index contributed by atoms with van der Waals surface area (Å²) in [5.41, 5.74) is -0.225. The monoisotopic (exact) mass is 254 g/mol. The third kappa shape index (κ3) is 2.66. The molecule has 1 aliphatic heterocycles. The van der Waals surface area contributed by atoms with Gasteiger partial charge in [-0.15, -0.1) is 0 Å². The number of likely N-dealkylation sites (tertiary alicyclic amines) is 1. The Bertz CT molecular complexity index is 451. The first-order valence-electron chi connectivity index (χ1n) is 6.19. The van der Waals surface area contributed by atoms with Crippen LogP contribution in [0.3, 0.4) is 0 Å². The molecule has 0 aromatic carbocycles. The standard InChI is InChI=1S/C13H16F2N2O/c1-9-3-2-7-17(8-5-9)13(18)10-4-6-16-12(15)11(10)14/h4,6,9H,2-3,5,7-8H2,1H3. The SMILES string of the molecule is CC1CCCN(C(=O)c2ccnc(F)c2F)CC1. The van der Waals surface area contributed by atoms with Crippen molar-refractivity contribution >= 4 is 5.91 Å². The average Bonchev–Trinajstić information content (AvgIpc) is 2.57. The molecule has 0 radical (unpaired) electrons. The number of carbonyl (C=O) groups excluding carboxylic acids is 1. The van der Waals surface area contributed by atoms with Crippen LogP contribution >= 0.6 is 0 Å². The summed E-state index contributed by atoms with van der Waals surface area (Å²) in [6, 6.07) is 1.23. The van der Waals surface area contributed by atoms with Crippen molar-refractivity contribution in [2.24, 2.45) is 5.92 Å². The van der Waals surface area contributed by atoms with Crippen LogP contribution in [-0.2, 0) is 0 Å². The predicted molar refractivity (Wildman–Crippen MR) is 63.1 cm³/mol. The molecule has 1 aromatic rings. The van der Waals surface area contributed by atoms with E-state index in [4.69, 9.17) is 0 Å². The summed E-state index contributed by atoms with van der Waals surface area (Å²) in [7, 11) is 0. The van der Waals surface area contributed by atoms with Gasteiger partial charge in [0.05, 0.1) is 5.56 Å². The topological polar surface area (TPSA) is 33.2 Å². The number of pyridine rings is 1. The second kappa shape index (κ2) is 5.42. The third-order valence-corrected chi connectivity index (χ3v) is 3.38. The van der Waals surface area contributed by atoms with E-state index in [2.05, 4.69) is 11.9 Å². The van der Waals surface area contributed by atoms with Gasteiger partial charge in [-0.25, -0.2) is 9.37 Å². The van der Waals surface area contributed by atoms with Crippen molar-refractivity contribution in [2.45, 2.75) is 26.2 Å². The molecule has 1 saturated heterocycles. The van der Waals surface area contributed by atoms with E-state index < -0.39 is 17.7 Å². The average molecular weight is 254 g/mol. The summed E-state index contributed by atoms with van der Waals surface area (Å²) in [6.45, 7) is 3.34. The molecular formula is C13H16F2N2O. The first-order valence-corrected chi connectivity index (χ1v) is 6.19. The maximum absolute atomic E-state index is 13.5. The third-order valence-electron chi connectivity index (χ3n) is 3.38. The Balaban J connectivity index is 2.18. The van der Waals surface area contributed by atoms with Crippen molar-refractivity contribution in [3.8, 4) is 0 Å². The van der Waals surface area contributed by atoms with E-state index in [1.807, 2.05) is 0 Å². The highest BCUT2D eigenvalue weighted by Crippen LogP contribution is 2.19. The Labute approximate surface area is 105 Å². The van der Waals surface area contributed by atoms with Gasteiger partial charge in [-0.1, -0.05) is 6.92 Å². The second-order valence-corrected chi connectivity index (χ2v) is 4.79. The molecule has 0 bridgehead atoms. The summed E-state index contributed by atoms with van der Waals surface area (Å²) in [4.78, 5) is 16.9. The van der Waals surface area contributed by atoms with E-state index in [-0.39, 0.29) is 5.56 Å². The van der Waals surface area contributed by atoms with Gasteiger partial charge in [-0.3, -0.25) is 4.79 Å². The van der Waals surface area contributed by atoms with Crippen molar-refractivity contribution in [2.75, 3.05) is 13.1 Å². The fraction of sp³-hybridized carbons (Fsp3) is 0.538. The molecule has 1 amide bonds. The van der Waals surface area contributed by atoms with E-state index in [1.54, 1.807) is 4.90 Å². The maximum Gasteiger partial charge on any atom is 0.257 e. The minimum absolute atomic E-state index is 0.225. The fourth-order valence-corrected chi connectivity index (χ4v) is 2.22. The van der Waals surface area contributed by atoms with Crippen LogP contribution in [0.1, 0.15) is 36.5 Å². The van der Waals surface area contributed by atoms with E-state index in [1.165, 1.54) is 6.07 Å². The number of nitrogens with zero attached hydrogens (tertiary/aromatic N) is 2. The molecule has 2 rings (SSSR count). The van der Waals surface area contributed by atoms with Gasteiger partial charge in [0, 0.05) is 19.3 Å². The summed E-state index contributed by atoms with van der Waals surface area (Å²) >= 11 is 0. The molecule has 0 N–H and O–H groups in total. The Kier molecular flexibility index (Phi) is 3.89. The van der Waals surface area contributed by atoms with Crippen LogP contribution < -0.4 is 0 Å². The lowest BCUT2D eigenvalue weighted by Crippen LogP contribution is -2.32. The Hall–Kier alpha value is -1.52. The van der Waals surface area contributed by atoms with Crippen LogP contribution in [0, 0.1) is 17.7 Å². The molecule has 2 heterocycles. The van der Waals surface area contributed by atoms with Crippen molar-refractivity contribution in [3.63, 3.8) is 0 Å². The largest absolute Gasteiger partial charge is 0.339 e. The van der Waals surface area contributed by atoms with Crippen LogP contribution in [0.4, 0.5) is 8.78 Å². The highest BCUT2D eigenvalue weighted by Gasteiger charge is 2.23. The van der Waals surface area contributed by atoms with Gasteiger partial charge in [0.2, 0.25) is 5.95 Å². The molecule has 1 aromatic heterocycles. The first kappa shape index (κ1) is 12.9. The molecule has 5 heteroatoms. The van der Waals surface area contributed by atoms with E-state index in [9.17, 15) is 13.6 Å². The Morgan fingerprint density at radius 1 is 1.39 bits per heavy atom. The van der Waals surface area contributed by atoms with Gasteiger partial charge in [-0.2, -0.15) is 4.39 Å². The molecule has 98 valence electrons. The minimum atomic E-state index is -1.22. The van der Waals surface area contributed by atoms with Gasteiger partial charge in [-0.05, 0) is 31.2 Å². The van der Waals surface area contributed by atoms with Gasteiger partial charge >= 0.3 is 0 Å². The molecular weight excluding hydrogens is 238 g/mol. The summed E-state index contributed by atoms with van der Waals surface area (Å²) in [5.74, 6) is -2.24. The van der Waals surface area contributed by atoms with Gasteiger partial charge in [0.15, 0.2) is 5.82 Å². The lowest BCUT2D eigenvalue weighted by Gasteiger charge is -2.20. The highest BCUT2D eigenvalue weighted by atomic mass is 19.2. The number of hydrogen-bond donors (Lipinski definition) is 0. The van der Waals surface area contributed by atoms with Crippen molar-refractivity contribution in [1.29, 1.82) is 0 Å². The van der Waals surface area contributed by atoms with Crippen LogP contribution in [0.25, 0.3) is 0 Å². The summed E-state index contributed by atoms with van der Waals surface area (Å²) in [5, 5.41) is 0. The molecule has 1 fully saturated rings. The number of aromatic nitrogens is 1. The zero-order valence-electron chi connectivity index (χ0n) is 10.3. The van der Waals surface area contributed by atoms with Gasteiger partial charge < -0.3 is 4.90 Å². The van der Waals surface area contributed by atoms with Gasteiger partial charge in [0.25, 0.3) is 5.91 Å². The molecule has 1 unspecified atom stereocenters. The van der Waals surface area contributed by atoms with Crippen LogP contribution in [0.15, 0.2) is 12.3 Å². The molecule has 18 heavy (non-hydrogen) atoms. The predicted octanol–water partition coefficient (Wildman–Crippen LogP) is 2.62. The van der Waals surface area contributed by atoms with E-state index in [0.717, 1.165) is 25.5 Å². The molecule has 3 nitrogen and oxygen atoms in total. The summed E-state index contributed by atoms with van der Waals surface area (Å²) in [6.07, 6.45) is 3.99. The Morgan fingerprint density at radius 2 is 2.17 bits per heavy atom. The molecule has 0 spiro atoms. The lowest BCUT2D eigenvalue weighted by molar-refractivity contribution is 0.0754. The quantitative estimate of drug-likeness (QED) is 0.722. The van der Waals surface area contributed by atoms with Crippen molar-refractivity contribution in [3.05, 3.63) is 29.6 Å². The smallest absolute Gasteiger partial charge is 0.257 e. The van der Waals surface area contributed by atoms with E-state index in [0.29, 0.717) is 19.0 Å². The van der Waals surface area contributed by atoms with Crippen LogP contribution in [0.2, 0.25) is 0 Å².